The lowest BCUT2D eigenvalue weighted by Crippen LogP contribution is -2.13. The Kier molecular flexibility index (Phi) is 2.87. The van der Waals surface area contributed by atoms with Gasteiger partial charge in [0.1, 0.15) is 0 Å². The zero-order valence-corrected chi connectivity index (χ0v) is 5.45. The predicted octanol–water partition coefficient (Wildman–Crippen LogP) is 0.743. The third kappa shape index (κ3) is 3.66. The third-order valence-corrected chi connectivity index (χ3v) is 0.605. The van der Waals surface area contributed by atoms with Gasteiger partial charge in [-0.15, -0.1) is 0 Å². The van der Waals surface area contributed by atoms with E-state index in [-0.39, 0.29) is 5.90 Å². The first-order chi connectivity index (χ1) is 4.04. The minimum Gasteiger partial charge on any atom is -0.421 e. The van der Waals surface area contributed by atoms with Crippen LogP contribution in [0.4, 0.5) is 0 Å². The first-order valence-corrected chi connectivity index (χ1v) is 2.43. The minimum atomic E-state index is -0.999. The normalized spacial score (nSPS) is 8.22. The molecule has 0 heterocycles. The zero-order valence-electron chi connectivity index (χ0n) is 4.69. The Morgan fingerprint density at radius 3 is 2.11 bits per heavy atom. The molecule has 0 aromatic carbocycles. The summed E-state index contributed by atoms with van der Waals surface area (Å²) in [5, 5.41) is 12.3. The van der Waals surface area contributed by atoms with Crippen LogP contribution < -0.4 is 0 Å². The van der Waals surface area contributed by atoms with E-state index < -0.39 is 11.1 Å². The molecule has 5 heteroatoms. The second-order valence-electron chi connectivity index (χ2n) is 1.26. The van der Waals surface area contributed by atoms with Crippen LogP contribution in [-0.4, -0.2) is 17.0 Å². The zero-order chi connectivity index (χ0) is 7.44. The van der Waals surface area contributed by atoms with E-state index in [0.29, 0.717) is 0 Å². The van der Waals surface area contributed by atoms with Gasteiger partial charge in [0.25, 0.3) is 5.90 Å². The van der Waals surface area contributed by atoms with Crippen LogP contribution in [0, 0.1) is 10.8 Å². The lowest BCUT2D eigenvalue weighted by atomic mass is 10.7. The molecule has 0 atom stereocenters. The maximum Gasteiger partial charge on any atom is 0.307 e. The lowest BCUT2D eigenvalue weighted by molar-refractivity contribution is -0.107. The van der Waals surface area contributed by atoms with Crippen molar-refractivity contribution in [2.24, 2.45) is 0 Å². The molecule has 0 unspecified atom stereocenters. The number of carbonyl (C=O) groups is 1. The molecule has 0 saturated carbocycles. The smallest absolute Gasteiger partial charge is 0.307 e. The Bertz CT molecular complexity index is 166. The summed E-state index contributed by atoms with van der Waals surface area (Å²) in [4.78, 5) is 10.00. The highest BCUT2D eigenvalue weighted by Gasteiger charge is 2.06. The van der Waals surface area contributed by atoms with Gasteiger partial charge in [0, 0.05) is 6.92 Å². The SMILES string of the molecule is CC(=N)OC(=N)C(=O)Cl. The number of ether oxygens (including phenoxy) is 1. The van der Waals surface area contributed by atoms with Crippen LogP contribution in [0.1, 0.15) is 6.92 Å². The van der Waals surface area contributed by atoms with Crippen LogP contribution in [0.25, 0.3) is 0 Å². The van der Waals surface area contributed by atoms with E-state index in [1.54, 1.807) is 0 Å². The molecule has 2 N–H and O–H groups in total. The molecule has 0 aromatic rings. The Balaban J connectivity index is 3.79. The van der Waals surface area contributed by atoms with Gasteiger partial charge in [-0.05, 0) is 11.6 Å². The Labute approximate surface area is 56.8 Å². The summed E-state index contributed by atoms with van der Waals surface area (Å²) in [6.07, 6.45) is 0. The molecule has 0 spiro atoms. The first kappa shape index (κ1) is 8.10. The number of carbonyl (C=O) groups excluding carboxylic acids is 1. The van der Waals surface area contributed by atoms with Gasteiger partial charge in [0.15, 0.2) is 5.90 Å². The predicted molar refractivity (Wildman–Crippen MR) is 33.1 cm³/mol. The molecule has 0 radical (unpaired) electrons. The Morgan fingerprint density at radius 1 is 1.56 bits per heavy atom. The highest BCUT2D eigenvalue weighted by Crippen LogP contribution is 1.86. The molecule has 0 saturated heterocycles. The number of hydrogen-bond acceptors (Lipinski definition) is 4. The van der Waals surface area contributed by atoms with Crippen molar-refractivity contribution in [2.75, 3.05) is 0 Å². The van der Waals surface area contributed by atoms with E-state index >= 15 is 0 Å². The van der Waals surface area contributed by atoms with E-state index in [4.69, 9.17) is 22.4 Å². The monoisotopic (exact) mass is 148 g/mol. The summed E-state index contributed by atoms with van der Waals surface area (Å²) < 4.78 is 4.20. The molecule has 0 aliphatic rings. The molecule has 0 aliphatic carbocycles. The molecule has 0 aliphatic heterocycles. The maximum absolute atomic E-state index is 10.00. The van der Waals surface area contributed by atoms with Gasteiger partial charge in [-0.2, -0.15) is 0 Å². The number of halogens is 1. The number of nitrogens with one attached hydrogen (secondary N) is 2. The second kappa shape index (κ2) is 3.19. The van der Waals surface area contributed by atoms with Crippen molar-refractivity contribution in [3.05, 3.63) is 0 Å². The topological polar surface area (TPSA) is 74.0 Å². The van der Waals surface area contributed by atoms with Gasteiger partial charge in [0.05, 0.1) is 0 Å². The quantitative estimate of drug-likeness (QED) is 0.327. The lowest BCUT2D eigenvalue weighted by Gasteiger charge is -1.96. The summed E-state index contributed by atoms with van der Waals surface area (Å²) in [5.74, 6) is -0.946. The summed E-state index contributed by atoms with van der Waals surface area (Å²) in [6.45, 7) is 1.30. The van der Waals surface area contributed by atoms with Gasteiger partial charge in [-0.3, -0.25) is 15.6 Å². The average molecular weight is 149 g/mol. The van der Waals surface area contributed by atoms with Crippen LogP contribution in [-0.2, 0) is 9.53 Å². The van der Waals surface area contributed by atoms with E-state index in [2.05, 4.69) is 4.74 Å². The van der Waals surface area contributed by atoms with Crippen LogP contribution in [0.15, 0.2) is 0 Å². The summed E-state index contributed by atoms with van der Waals surface area (Å²) in [6, 6.07) is 0. The highest BCUT2D eigenvalue weighted by atomic mass is 35.5. The van der Waals surface area contributed by atoms with E-state index in [1.165, 1.54) is 6.92 Å². The van der Waals surface area contributed by atoms with Crippen LogP contribution in [0.5, 0.6) is 0 Å². The molecule has 9 heavy (non-hydrogen) atoms. The van der Waals surface area contributed by atoms with Gasteiger partial charge in [0.2, 0.25) is 0 Å². The van der Waals surface area contributed by atoms with Crippen molar-refractivity contribution in [1.29, 1.82) is 10.8 Å². The van der Waals surface area contributed by atoms with Crippen molar-refractivity contribution in [3.63, 3.8) is 0 Å². The van der Waals surface area contributed by atoms with Crippen LogP contribution in [0.3, 0.4) is 0 Å². The second-order valence-corrected chi connectivity index (χ2v) is 1.60. The molecule has 0 fully saturated rings. The summed E-state index contributed by atoms with van der Waals surface area (Å²) in [7, 11) is 0. The Hall–Kier alpha value is -0.900. The fraction of sp³-hybridized carbons (Fsp3) is 0.250. The van der Waals surface area contributed by atoms with Crippen LogP contribution >= 0.6 is 11.6 Å². The average Bonchev–Trinajstić information content (AvgIpc) is 1.63. The van der Waals surface area contributed by atoms with Crippen molar-refractivity contribution >= 4 is 28.6 Å². The number of hydrogen-bond donors (Lipinski definition) is 2. The van der Waals surface area contributed by atoms with Gasteiger partial charge >= 0.3 is 5.24 Å². The summed E-state index contributed by atoms with van der Waals surface area (Å²) in [5.41, 5.74) is 0. The summed E-state index contributed by atoms with van der Waals surface area (Å²) >= 11 is 4.79. The van der Waals surface area contributed by atoms with Crippen molar-refractivity contribution in [2.45, 2.75) is 6.92 Å². The van der Waals surface area contributed by atoms with Gasteiger partial charge in [-0.25, -0.2) is 0 Å². The van der Waals surface area contributed by atoms with E-state index in [0.717, 1.165) is 0 Å². The van der Waals surface area contributed by atoms with Crippen molar-refractivity contribution in [3.8, 4) is 0 Å². The molecule has 0 bridgehead atoms. The van der Waals surface area contributed by atoms with E-state index in [9.17, 15) is 4.79 Å². The Morgan fingerprint density at radius 2 is 2.00 bits per heavy atom. The highest BCUT2D eigenvalue weighted by molar-refractivity contribution is 6.80. The molecule has 0 amide bonds. The fourth-order valence-electron chi connectivity index (χ4n) is 0.193. The molecule has 4 nitrogen and oxygen atoms in total. The largest absolute Gasteiger partial charge is 0.421 e. The molecular weight excluding hydrogens is 144 g/mol. The standard InChI is InChI=1S/C4H5ClN2O2/c1-2(6)9-4(7)3(5)8/h6-7H,1H3. The minimum absolute atomic E-state index is 0.228. The van der Waals surface area contributed by atoms with Crippen LogP contribution in [0.2, 0.25) is 0 Å². The van der Waals surface area contributed by atoms with Gasteiger partial charge in [-0.1, -0.05) is 0 Å². The van der Waals surface area contributed by atoms with Crippen molar-refractivity contribution in [1.82, 2.24) is 0 Å². The van der Waals surface area contributed by atoms with E-state index in [1.807, 2.05) is 0 Å². The fourth-order valence-corrected chi connectivity index (χ4v) is 0.232. The molecular formula is C4H5ClN2O2. The first-order valence-electron chi connectivity index (χ1n) is 2.05. The van der Waals surface area contributed by atoms with Gasteiger partial charge < -0.3 is 4.74 Å². The molecule has 0 aromatic heterocycles. The van der Waals surface area contributed by atoms with Crippen molar-refractivity contribution < 1.29 is 9.53 Å². The molecule has 50 valence electrons. The third-order valence-electron chi connectivity index (χ3n) is 0.434. The number of rotatable bonds is 1. The molecule has 0 rings (SSSR count). The maximum atomic E-state index is 10.00.